The van der Waals surface area contributed by atoms with Crippen molar-refractivity contribution in [3.05, 3.63) is 34.9 Å². The van der Waals surface area contributed by atoms with Crippen LogP contribution in [0.25, 0.3) is 0 Å². The van der Waals surface area contributed by atoms with E-state index in [1.165, 1.54) is 32.1 Å². The standard InChI is InChI=1S/C23H34ClN3O2/c1-26(19-7-3-2-4-8-19)16-13-25-22(28)17-18-11-14-27(15-12-18)23(29)20-9-5-6-10-21(20)24/h5-6,9-10,18-19H,2-4,7-8,11-17H2,1H3,(H,25,28). The fourth-order valence-corrected chi connectivity index (χ4v) is 4.77. The molecule has 3 rings (SSSR count). The van der Waals surface area contributed by atoms with Crippen molar-refractivity contribution in [2.24, 2.45) is 5.92 Å². The van der Waals surface area contributed by atoms with Crippen LogP contribution in [0.4, 0.5) is 0 Å². The molecule has 1 heterocycles. The van der Waals surface area contributed by atoms with E-state index in [1.807, 2.05) is 17.0 Å². The summed E-state index contributed by atoms with van der Waals surface area (Å²) in [5, 5.41) is 3.59. The average Bonchev–Trinajstić information content (AvgIpc) is 2.74. The summed E-state index contributed by atoms with van der Waals surface area (Å²) in [5.74, 6) is 0.476. The molecule has 1 aliphatic heterocycles. The summed E-state index contributed by atoms with van der Waals surface area (Å²) in [4.78, 5) is 29.2. The molecule has 1 saturated carbocycles. The number of likely N-dealkylation sites (tertiary alicyclic amines) is 1. The van der Waals surface area contributed by atoms with E-state index in [1.54, 1.807) is 12.1 Å². The van der Waals surface area contributed by atoms with Gasteiger partial charge in [0, 0.05) is 38.6 Å². The van der Waals surface area contributed by atoms with E-state index < -0.39 is 0 Å². The van der Waals surface area contributed by atoms with Gasteiger partial charge in [0.1, 0.15) is 0 Å². The maximum Gasteiger partial charge on any atom is 0.255 e. The lowest BCUT2D eigenvalue weighted by atomic mass is 9.93. The van der Waals surface area contributed by atoms with Crippen LogP contribution in [0.2, 0.25) is 5.02 Å². The van der Waals surface area contributed by atoms with Gasteiger partial charge in [-0.1, -0.05) is 43.0 Å². The Labute approximate surface area is 179 Å². The van der Waals surface area contributed by atoms with Gasteiger partial charge in [-0.25, -0.2) is 0 Å². The average molecular weight is 420 g/mol. The first kappa shape index (κ1) is 22.1. The second-order valence-corrected chi connectivity index (χ2v) is 8.95. The molecule has 0 radical (unpaired) electrons. The summed E-state index contributed by atoms with van der Waals surface area (Å²) >= 11 is 6.15. The van der Waals surface area contributed by atoms with Crippen LogP contribution in [0.15, 0.2) is 24.3 Å². The Morgan fingerprint density at radius 2 is 1.79 bits per heavy atom. The zero-order chi connectivity index (χ0) is 20.6. The zero-order valence-electron chi connectivity index (χ0n) is 17.5. The van der Waals surface area contributed by atoms with Crippen molar-refractivity contribution in [2.45, 2.75) is 57.4 Å². The van der Waals surface area contributed by atoms with Crippen LogP contribution < -0.4 is 5.32 Å². The van der Waals surface area contributed by atoms with Gasteiger partial charge in [-0.05, 0) is 50.8 Å². The van der Waals surface area contributed by atoms with Gasteiger partial charge in [-0.3, -0.25) is 9.59 Å². The molecule has 1 aromatic carbocycles. The number of hydrogen-bond donors (Lipinski definition) is 1. The van der Waals surface area contributed by atoms with Crippen molar-refractivity contribution >= 4 is 23.4 Å². The molecule has 5 nitrogen and oxygen atoms in total. The molecule has 29 heavy (non-hydrogen) atoms. The van der Waals surface area contributed by atoms with Gasteiger partial charge in [0.2, 0.25) is 5.91 Å². The van der Waals surface area contributed by atoms with Gasteiger partial charge in [0.05, 0.1) is 10.6 Å². The Bertz CT molecular complexity index is 682. The van der Waals surface area contributed by atoms with Gasteiger partial charge >= 0.3 is 0 Å². The molecule has 0 aromatic heterocycles. The highest BCUT2D eigenvalue weighted by molar-refractivity contribution is 6.33. The lowest BCUT2D eigenvalue weighted by Crippen LogP contribution is -2.41. The van der Waals surface area contributed by atoms with E-state index in [9.17, 15) is 9.59 Å². The Kier molecular flexibility index (Phi) is 8.37. The maximum atomic E-state index is 12.6. The van der Waals surface area contributed by atoms with Gasteiger partial charge in [-0.2, -0.15) is 0 Å². The molecular weight excluding hydrogens is 386 g/mol. The lowest BCUT2D eigenvalue weighted by molar-refractivity contribution is -0.122. The SMILES string of the molecule is CN(CCNC(=O)CC1CCN(C(=O)c2ccccc2Cl)CC1)C1CCCCC1. The monoisotopic (exact) mass is 419 g/mol. The summed E-state index contributed by atoms with van der Waals surface area (Å²) in [7, 11) is 2.17. The summed E-state index contributed by atoms with van der Waals surface area (Å²) in [6.07, 6.45) is 8.90. The number of halogens is 1. The van der Waals surface area contributed by atoms with Crippen LogP contribution in [0.5, 0.6) is 0 Å². The topological polar surface area (TPSA) is 52.7 Å². The number of piperidine rings is 1. The van der Waals surface area contributed by atoms with Gasteiger partial charge in [0.25, 0.3) is 5.91 Å². The fourth-order valence-electron chi connectivity index (χ4n) is 4.56. The maximum absolute atomic E-state index is 12.6. The first-order valence-electron chi connectivity index (χ1n) is 11.1. The van der Waals surface area contributed by atoms with E-state index >= 15 is 0 Å². The van der Waals surface area contributed by atoms with Crippen LogP contribution >= 0.6 is 11.6 Å². The number of carbonyl (C=O) groups excluding carboxylic acids is 2. The molecule has 0 atom stereocenters. The van der Waals surface area contributed by atoms with Crippen LogP contribution in [0.1, 0.15) is 61.7 Å². The first-order valence-corrected chi connectivity index (χ1v) is 11.4. The Morgan fingerprint density at radius 1 is 1.10 bits per heavy atom. The third-order valence-corrected chi connectivity index (χ3v) is 6.79. The third kappa shape index (κ3) is 6.45. The molecule has 1 N–H and O–H groups in total. The first-order chi connectivity index (χ1) is 14.0. The molecule has 2 aliphatic rings. The Morgan fingerprint density at radius 3 is 2.48 bits per heavy atom. The minimum absolute atomic E-state index is 0.00995. The van der Waals surface area contributed by atoms with Gasteiger partial charge in [-0.15, -0.1) is 0 Å². The fraction of sp³-hybridized carbons (Fsp3) is 0.652. The van der Waals surface area contributed by atoms with E-state index in [0.717, 1.165) is 25.9 Å². The van der Waals surface area contributed by atoms with Crippen molar-refractivity contribution in [2.75, 3.05) is 33.2 Å². The quantitative estimate of drug-likeness (QED) is 0.727. The second kappa shape index (κ2) is 11.0. The summed E-state index contributed by atoms with van der Waals surface area (Å²) in [5.41, 5.74) is 0.562. The number of nitrogens with one attached hydrogen (secondary N) is 1. The number of likely N-dealkylation sites (N-methyl/N-ethyl adjacent to an activating group) is 1. The van der Waals surface area contributed by atoms with Crippen molar-refractivity contribution in [3.63, 3.8) is 0 Å². The predicted molar refractivity (Wildman–Crippen MR) is 117 cm³/mol. The second-order valence-electron chi connectivity index (χ2n) is 8.54. The smallest absolute Gasteiger partial charge is 0.255 e. The Balaban J connectivity index is 1.34. The van der Waals surface area contributed by atoms with E-state index in [0.29, 0.717) is 42.1 Å². The predicted octanol–water partition coefficient (Wildman–Crippen LogP) is 3.96. The molecule has 0 bridgehead atoms. The highest BCUT2D eigenvalue weighted by Crippen LogP contribution is 2.24. The molecule has 160 valence electrons. The number of rotatable bonds is 7. The number of hydrogen-bond acceptors (Lipinski definition) is 3. The number of nitrogens with zero attached hydrogens (tertiary/aromatic N) is 2. The molecule has 2 amide bonds. The zero-order valence-corrected chi connectivity index (χ0v) is 18.3. The van der Waals surface area contributed by atoms with Crippen molar-refractivity contribution in [3.8, 4) is 0 Å². The van der Waals surface area contributed by atoms with Crippen molar-refractivity contribution in [1.82, 2.24) is 15.1 Å². The van der Waals surface area contributed by atoms with E-state index in [4.69, 9.17) is 11.6 Å². The van der Waals surface area contributed by atoms with Crippen LogP contribution in [-0.4, -0.2) is 60.9 Å². The van der Waals surface area contributed by atoms with E-state index in [-0.39, 0.29) is 11.8 Å². The Hall–Kier alpha value is -1.59. The van der Waals surface area contributed by atoms with Crippen molar-refractivity contribution in [1.29, 1.82) is 0 Å². The molecule has 1 saturated heterocycles. The minimum atomic E-state index is -0.00995. The molecule has 6 heteroatoms. The number of carbonyl (C=O) groups is 2. The van der Waals surface area contributed by atoms with Crippen LogP contribution in [-0.2, 0) is 4.79 Å². The highest BCUT2D eigenvalue weighted by Gasteiger charge is 2.26. The van der Waals surface area contributed by atoms with Crippen LogP contribution in [0.3, 0.4) is 0 Å². The molecule has 1 aliphatic carbocycles. The number of amides is 2. The van der Waals surface area contributed by atoms with Gasteiger partial charge < -0.3 is 15.1 Å². The van der Waals surface area contributed by atoms with E-state index in [2.05, 4.69) is 17.3 Å². The minimum Gasteiger partial charge on any atom is -0.355 e. The number of benzene rings is 1. The largest absolute Gasteiger partial charge is 0.355 e. The molecule has 0 spiro atoms. The molecular formula is C23H34ClN3O2. The molecule has 1 aromatic rings. The summed E-state index contributed by atoms with van der Waals surface area (Å²) in [6.45, 7) is 3.01. The van der Waals surface area contributed by atoms with Gasteiger partial charge in [0.15, 0.2) is 0 Å². The van der Waals surface area contributed by atoms with Crippen LogP contribution in [0, 0.1) is 5.92 Å². The highest BCUT2D eigenvalue weighted by atomic mass is 35.5. The van der Waals surface area contributed by atoms with Crippen molar-refractivity contribution < 1.29 is 9.59 Å². The summed E-state index contributed by atoms with van der Waals surface area (Å²) < 4.78 is 0. The normalized spacial score (nSPS) is 18.8. The lowest BCUT2D eigenvalue weighted by Gasteiger charge is -2.32. The molecule has 0 unspecified atom stereocenters. The molecule has 2 fully saturated rings. The summed E-state index contributed by atoms with van der Waals surface area (Å²) in [6, 6.07) is 7.87. The third-order valence-electron chi connectivity index (χ3n) is 6.46.